The second-order valence-corrected chi connectivity index (χ2v) is 5.40. The lowest BCUT2D eigenvalue weighted by molar-refractivity contribution is 0.296. The van der Waals surface area contributed by atoms with Gasteiger partial charge < -0.3 is 4.57 Å². The zero-order valence-corrected chi connectivity index (χ0v) is 9.39. The lowest BCUT2D eigenvalue weighted by Gasteiger charge is -2.22. The number of halogens is 1. The Labute approximate surface area is 84.9 Å². The van der Waals surface area contributed by atoms with E-state index in [4.69, 9.17) is 0 Å². The van der Waals surface area contributed by atoms with Crippen molar-refractivity contribution in [3.8, 4) is 0 Å². The third-order valence-electron chi connectivity index (χ3n) is 2.99. The van der Waals surface area contributed by atoms with E-state index in [1.165, 1.54) is 0 Å². The third kappa shape index (κ3) is 1.37. The van der Waals surface area contributed by atoms with Crippen molar-refractivity contribution < 1.29 is 4.39 Å². The van der Waals surface area contributed by atoms with Gasteiger partial charge in [0.2, 0.25) is 0 Å². The number of aryl methyl sites for hydroxylation is 1. The number of aromatic nitrogens is 1. The number of hydrogen-bond acceptors (Lipinski definition) is 0. The SMILES string of the molecule is Cn1ccc(C(C)(C)C)c1C1(F)CC1. The predicted molar refractivity (Wildman–Crippen MR) is 56.1 cm³/mol. The topological polar surface area (TPSA) is 4.93 Å². The molecule has 1 aliphatic rings. The molecule has 0 aromatic carbocycles. The van der Waals surface area contributed by atoms with Crippen LogP contribution in [-0.4, -0.2) is 4.57 Å². The molecule has 0 atom stereocenters. The highest BCUT2D eigenvalue weighted by Gasteiger charge is 2.49. The van der Waals surface area contributed by atoms with Crippen LogP contribution in [0.3, 0.4) is 0 Å². The Hall–Kier alpha value is -0.790. The molecular formula is C12H18FN. The highest BCUT2D eigenvalue weighted by molar-refractivity contribution is 5.36. The molecule has 0 saturated heterocycles. The Morgan fingerprint density at radius 3 is 2.36 bits per heavy atom. The van der Waals surface area contributed by atoms with Crippen LogP contribution in [0.25, 0.3) is 0 Å². The predicted octanol–water partition coefficient (Wildman–Crippen LogP) is 3.28. The Balaban J connectivity index is 2.52. The van der Waals surface area contributed by atoms with Crippen LogP contribution in [0.4, 0.5) is 4.39 Å². The Kier molecular flexibility index (Phi) is 1.82. The molecule has 0 amide bonds. The van der Waals surface area contributed by atoms with Crippen LogP contribution in [0.15, 0.2) is 12.3 Å². The van der Waals surface area contributed by atoms with Crippen molar-refractivity contribution in [2.75, 3.05) is 0 Å². The summed E-state index contributed by atoms with van der Waals surface area (Å²) in [6.07, 6.45) is 3.34. The van der Waals surface area contributed by atoms with Gasteiger partial charge in [-0.2, -0.15) is 0 Å². The summed E-state index contributed by atoms with van der Waals surface area (Å²) in [5.41, 5.74) is 1.06. The number of alkyl halides is 1. The van der Waals surface area contributed by atoms with Gasteiger partial charge in [-0.3, -0.25) is 0 Å². The van der Waals surface area contributed by atoms with Gasteiger partial charge in [-0.05, 0) is 29.9 Å². The molecule has 1 fully saturated rings. The molecule has 1 heterocycles. The summed E-state index contributed by atoms with van der Waals surface area (Å²) in [4.78, 5) is 0. The highest BCUT2D eigenvalue weighted by atomic mass is 19.1. The molecule has 1 nitrogen and oxygen atoms in total. The Bertz CT molecular complexity index is 353. The largest absolute Gasteiger partial charge is 0.351 e. The third-order valence-corrected chi connectivity index (χ3v) is 2.99. The van der Waals surface area contributed by atoms with Crippen LogP contribution in [0.1, 0.15) is 44.9 Å². The summed E-state index contributed by atoms with van der Waals surface area (Å²) in [6.45, 7) is 6.41. The van der Waals surface area contributed by atoms with Gasteiger partial charge in [-0.15, -0.1) is 0 Å². The molecule has 0 radical (unpaired) electrons. The lowest BCUT2D eigenvalue weighted by Crippen LogP contribution is -2.17. The van der Waals surface area contributed by atoms with Crippen LogP contribution in [-0.2, 0) is 18.1 Å². The number of hydrogen-bond donors (Lipinski definition) is 0. The van der Waals surface area contributed by atoms with Crippen molar-refractivity contribution in [1.29, 1.82) is 0 Å². The molecule has 0 bridgehead atoms. The van der Waals surface area contributed by atoms with E-state index in [1.807, 2.05) is 17.8 Å². The van der Waals surface area contributed by atoms with E-state index in [0.717, 1.165) is 11.3 Å². The molecule has 2 heteroatoms. The minimum Gasteiger partial charge on any atom is -0.351 e. The molecule has 0 spiro atoms. The normalized spacial score (nSPS) is 19.8. The van der Waals surface area contributed by atoms with E-state index in [9.17, 15) is 4.39 Å². The second kappa shape index (κ2) is 2.62. The molecule has 0 aliphatic heterocycles. The van der Waals surface area contributed by atoms with Crippen LogP contribution >= 0.6 is 0 Å². The fraction of sp³-hybridized carbons (Fsp3) is 0.667. The van der Waals surface area contributed by atoms with Crippen molar-refractivity contribution in [3.63, 3.8) is 0 Å². The Morgan fingerprint density at radius 2 is 1.93 bits per heavy atom. The summed E-state index contributed by atoms with van der Waals surface area (Å²) < 4.78 is 16.0. The van der Waals surface area contributed by atoms with E-state index in [2.05, 4.69) is 26.8 Å². The van der Waals surface area contributed by atoms with Gasteiger partial charge in [0.1, 0.15) is 0 Å². The summed E-state index contributed by atoms with van der Waals surface area (Å²) >= 11 is 0. The van der Waals surface area contributed by atoms with Crippen LogP contribution in [0.5, 0.6) is 0 Å². The fourth-order valence-corrected chi connectivity index (χ4v) is 2.04. The minimum absolute atomic E-state index is 0.0400. The van der Waals surface area contributed by atoms with Crippen LogP contribution in [0.2, 0.25) is 0 Å². The van der Waals surface area contributed by atoms with Gasteiger partial charge in [0.05, 0.1) is 5.69 Å². The van der Waals surface area contributed by atoms with Crippen LogP contribution < -0.4 is 0 Å². The maximum Gasteiger partial charge on any atom is 0.151 e. The van der Waals surface area contributed by atoms with E-state index in [-0.39, 0.29) is 5.41 Å². The van der Waals surface area contributed by atoms with Crippen molar-refractivity contribution in [2.45, 2.75) is 44.7 Å². The zero-order chi connectivity index (χ0) is 10.6. The summed E-state index contributed by atoms with van der Waals surface area (Å²) in [6, 6.07) is 2.05. The molecule has 1 aliphatic carbocycles. The van der Waals surface area contributed by atoms with Crippen molar-refractivity contribution in [1.82, 2.24) is 4.57 Å². The first-order valence-corrected chi connectivity index (χ1v) is 5.20. The summed E-state index contributed by atoms with van der Waals surface area (Å²) in [7, 11) is 1.93. The van der Waals surface area contributed by atoms with E-state index in [0.29, 0.717) is 12.8 Å². The standard InChI is InChI=1S/C12H18FN/c1-11(2,3)9-5-8-14(4)10(9)12(13)6-7-12/h5,8H,6-7H2,1-4H3. The molecule has 1 aromatic rings. The van der Waals surface area contributed by atoms with Gasteiger partial charge >= 0.3 is 0 Å². The van der Waals surface area contributed by atoms with E-state index >= 15 is 0 Å². The van der Waals surface area contributed by atoms with Gasteiger partial charge in [-0.25, -0.2) is 4.39 Å². The number of rotatable bonds is 1. The Morgan fingerprint density at radius 1 is 1.36 bits per heavy atom. The molecule has 78 valence electrons. The summed E-state index contributed by atoms with van der Waals surface area (Å²) in [5, 5.41) is 0. The molecular weight excluding hydrogens is 177 g/mol. The summed E-state index contributed by atoms with van der Waals surface area (Å²) in [5.74, 6) is 0. The van der Waals surface area contributed by atoms with E-state index < -0.39 is 5.67 Å². The quantitative estimate of drug-likeness (QED) is 0.648. The molecule has 0 unspecified atom stereocenters. The van der Waals surface area contributed by atoms with Gasteiger partial charge in [-0.1, -0.05) is 20.8 Å². The first kappa shape index (κ1) is 9.75. The zero-order valence-electron chi connectivity index (χ0n) is 9.39. The smallest absolute Gasteiger partial charge is 0.151 e. The fourth-order valence-electron chi connectivity index (χ4n) is 2.04. The molecule has 1 saturated carbocycles. The first-order chi connectivity index (χ1) is 6.34. The van der Waals surface area contributed by atoms with Gasteiger partial charge in [0, 0.05) is 13.2 Å². The number of nitrogens with zero attached hydrogens (tertiary/aromatic N) is 1. The van der Waals surface area contributed by atoms with Gasteiger partial charge in [0.25, 0.3) is 0 Å². The average molecular weight is 195 g/mol. The molecule has 2 rings (SSSR count). The van der Waals surface area contributed by atoms with Gasteiger partial charge in [0.15, 0.2) is 5.67 Å². The highest BCUT2D eigenvalue weighted by Crippen LogP contribution is 2.52. The molecule has 14 heavy (non-hydrogen) atoms. The molecule has 0 N–H and O–H groups in total. The van der Waals surface area contributed by atoms with Crippen molar-refractivity contribution in [3.05, 3.63) is 23.5 Å². The van der Waals surface area contributed by atoms with E-state index in [1.54, 1.807) is 0 Å². The maximum absolute atomic E-state index is 14.1. The lowest BCUT2D eigenvalue weighted by atomic mass is 9.85. The first-order valence-electron chi connectivity index (χ1n) is 5.20. The van der Waals surface area contributed by atoms with Crippen molar-refractivity contribution >= 4 is 0 Å². The monoisotopic (exact) mass is 195 g/mol. The van der Waals surface area contributed by atoms with Crippen LogP contribution in [0, 0.1) is 0 Å². The maximum atomic E-state index is 14.1. The second-order valence-electron chi connectivity index (χ2n) is 5.40. The minimum atomic E-state index is -1.03. The average Bonchev–Trinajstić information content (AvgIpc) is 2.60. The molecule has 1 aromatic heterocycles. The van der Waals surface area contributed by atoms with Crippen molar-refractivity contribution in [2.24, 2.45) is 7.05 Å².